The van der Waals surface area contributed by atoms with Crippen LogP contribution in [0.1, 0.15) is 38.5 Å². The van der Waals surface area contributed by atoms with E-state index in [1.165, 1.54) is 51.6 Å². The predicted molar refractivity (Wildman–Crippen MR) is 61.2 cm³/mol. The first-order valence-electron chi connectivity index (χ1n) is 6.23. The first kappa shape index (κ1) is 10.2. The van der Waals surface area contributed by atoms with Crippen LogP contribution < -0.4 is 5.32 Å². The van der Waals surface area contributed by atoms with Crippen LogP contribution >= 0.6 is 0 Å². The summed E-state index contributed by atoms with van der Waals surface area (Å²) in [6.07, 6.45) is 10.6. The smallest absolute Gasteiger partial charge is 0.00173 e. The maximum absolute atomic E-state index is 3.90. The van der Waals surface area contributed by atoms with Crippen molar-refractivity contribution in [2.24, 2.45) is 17.8 Å². The average molecular weight is 193 g/mol. The number of nitrogens with one attached hydrogen (secondary N) is 1. The van der Waals surface area contributed by atoms with E-state index in [-0.39, 0.29) is 0 Å². The molecule has 0 bridgehead atoms. The molecular formula is C13H23N. The van der Waals surface area contributed by atoms with Crippen LogP contribution in [0.3, 0.4) is 0 Å². The molecule has 1 N–H and O–H groups in total. The van der Waals surface area contributed by atoms with E-state index in [1.807, 2.05) is 0 Å². The molecule has 1 heteroatoms. The summed E-state index contributed by atoms with van der Waals surface area (Å²) in [5.41, 5.74) is 0. The molecule has 1 heterocycles. The van der Waals surface area contributed by atoms with Gasteiger partial charge in [-0.15, -0.1) is 6.58 Å². The van der Waals surface area contributed by atoms with Crippen LogP contribution in [0.15, 0.2) is 12.7 Å². The van der Waals surface area contributed by atoms with Gasteiger partial charge in [0.1, 0.15) is 0 Å². The second-order valence-electron chi connectivity index (χ2n) is 4.99. The topological polar surface area (TPSA) is 12.0 Å². The second kappa shape index (κ2) is 4.97. The largest absolute Gasteiger partial charge is 0.316 e. The van der Waals surface area contributed by atoms with E-state index >= 15 is 0 Å². The van der Waals surface area contributed by atoms with Crippen LogP contribution in [0.5, 0.6) is 0 Å². The van der Waals surface area contributed by atoms with Gasteiger partial charge in [0.05, 0.1) is 0 Å². The summed E-state index contributed by atoms with van der Waals surface area (Å²) >= 11 is 0. The van der Waals surface area contributed by atoms with Crippen molar-refractivity contribution in [1.29, 1.82) is 0 Å². The van der Waals surface area contributed by atoms with Crippen molar-refractivity contribution in [3.63, 3.8) is 0 Å². The lowest BCUT2D eigenvalue weighted by molar-refractivity contribution is 0.172. The quantitative estimate of drug-likeness (QED) is 0.679. The third-order valence-corrected chi connectivity index (χ3v) is 4.14. The molecule has 1 saturated heterocycles. The summed E-state index contributed by atoms with van der Waals surface area (Å²) in [5, 5.41) is 3.51. The Morgan fingerprint density at radius 1 is 1.21 bits per heavy atom. The van der Waals surface area contributed by atoms with E-state index in [0.29, 0.717) is 0 Å². The van der Waals surface area contributed by atoms with Crippen molar-refractivity contribution in [2.75, 3.05) is 13.1 Å². The Kier molecular flexibility index (Phi) is 3.63. The van der Waals surface area contributed by atoms with Gasteiger partial charge in [-0.1, -0.05) is 18.9 Å². The Hall–Kier alpha value is -0.300. The van der Waals surface area contributed by atoms with Gasteiger partial charge in [-0.05, 0) is 56.5 Å². The minimum atomic E-state index is 0.950. The van der Waals surface area contributed by atoms with Crippen molar-refractivity contribution in [2.45, 2.75) is 38.5 Å². The minimum absolute atomic E-state index is 0.950. The number of hydrogen-bond acceptors (Lipinski definition) is 1. The molecule has 0 amide bonds. The van der Waals surface area contributed by atoms with Gasteiger partial charge in [-0.25, -0.2) is 0 Å². The van der Waals surface area contributed by atoms with Crippen LogP contribution in [0.2, 0.25) is 0 Å². The van der Waals surface area contributed by atoms with Crippen LogP contribution in [-0.4, -0.2) is 13.1 Å². The Bertz CT molecular complexity index is 182. The molecule has 2 rings (SSSR count). The standard InChI is InChI=1S/C13H23N/c1-2-5-11-6-3-4-7-13(11)12-8-9-14-10-12/h2,11-14H,1,3-10H2/t11-,12?,13?/m1/s1. The lowest BCUT2D eigenvalue weighted by Crippen LogP contribution is -2.28. The normalized spacial score (nSPS) is 38.4. The molecule has 2 unspecified atom stereocenters. The summed E-state index contributed by atoms with van der Waals surface area (Å²) in [6, 6.07) is 0. The molecule has 0 radical (unpaired) electrons. The zero-order valence-electron chi connectivity index (χ0n) is 9.17. The molecule has 0 spiro atoms. The summed E-state index contributed by atoms with van der Waals surface area (Å²) < 4.78 is 0. The van der Waals surface area contributed by atoms with Gasteiger partial charge in [0.25, 0.3) is 0 Å². The fourth-order valence-corrected chi connectivity index (χ4v) is 3.41. The van der Waals surface area contributed by atoms with Gasteiger partial charge in [0, 0.05) is 0 Å². The zero-order valence-corrected chi connectivity index (χ0v) is 9.17. The monoisotopic (exact) mass is 193 g/mol. The highest BCUT2D eigenvalue weighted by Crippen LogP contribution is 2.39. The molecule has 1 aliphatic carbocycles. The summed E-state index contributed by atoms with van der Waals surface area (Å²) in [4.78, 5) is 0. The molecule has 0 aromatic carbocycles. The summed E-state index contributed by atoms with van der Waals surface area (Å²) in [5.74, 6) is 2.92. The van der Waals surface area contributed by atoms with E-state index in [2.05, 4.69) is 18.0 Å². The molecule has 2 fully saturated rings. The fraction of sp³-hybridized carbons (Fsp3) is 0.846. The molecule has 3 atom stereocenters. The molecule has 80 valence electrons. The average Bonchev–Trinajstić information content (AvgIpc) is 2.72. The van der Waals surface area contributed by atoms with Gasteiger partial charge in [-0.2, -0.15) is 0 Å². The SMILES string of the molecule is C=CC[C@@H]1CCCCC1C1CCNC1. The van der Waals surface area contributed by atoms with Gasteiger partial charge in [0.2, 0.25) is 0 Å². The first-order valence-corrected chi connectivity index (χ1v) is 6.23. The predicted octanol–water partition coefficient (Wildman–Crippen LogP) is 2.98. The highest BCUT2D eigenvalue weighted by molar-refractivity contribution is 4.88. The van der Waals surface area contributed by atoms with Crippen molar-refractivity contribution < 1.29 is 0 Å². The van der Waals surface area contributed by atoms with Crippen LogP contribution in [-0.2, 0) is 0 Å². The Morgan fingerprint density at radius 2 is 2.07 bits per heavy atom. The van der Waals surface area contributed by atoms with E-state index < -0.39 is 0 Å². The fourth-order valence-electron chi connectivity index (χ4n) is 3.41. The van der Waals surface area contributed by atoms with Crippen LogP contribution in [0.4, 0.5) is 0 Å². The third-order valence-electron chi connectivity index (χ3n) is 4.14. The van der Waals surface area contributed by atoms with Gasteiger partial charge < -0.3 is 5.32 Å². The van der Waals surface area contributed by atoms with Gasteiger partial charge >= 0.3 is 0 Å². The van der Waals surface area contributed by atoms with Crippen molar-refractivity contribution in [3.8, 4) is 0 Å². The number of hydrogen-bond donors (Lipinski definition) is 1. The summed E-state index contributed by atoms with van der Waals surface area (Å²) in [7, 11) is 0. The zero-order chi connectivity index (χ0) is 9.80. The Balaban J connectivity index is 1.94. The molecule has 1 saturated carbocycles. The molecule has 0 aromatic rings. The van der Waals surface area contributed by atoms with Crippen molar-refractivity contribution in [3.05, 3.63) is 12.7 Å². The van der Waals surface area contributed by atoms with Gasteiger partial charge in [-0.3, -0.25) is 0 Å². The molecule has 0 aromatic heterocycles. The first-order chi connectivity index (χ1) is 6.92. The Labute approximate surface area is 88.0 Å². The number of allylic oxidation sites excluding steroid dienone is 1. The van der Waals surface area contributed by atoms with E-state index in [4.69, 9.17) is 0 Å². The summed E-state index contributed by atoms with van der Waals surface area (Å²) in [6.45, 7) is 6.43. The van der Waals surface area contributed by atoms with Crippen LogP contribution in [0, 0.1) is 17.8 Å². The van der Waals surface area contributed by atoms with E-state index in [9.17, 15) is 0 Å². The molecule has 14 heavy (non-hydrogen) atoms. The highest BCUT2D eigenvalue weighted by atomic mass is 14.9. The second-order valence-corrected chi connectivity index (χ2v) is 4.99. The number of rotatable bonds is 3. The van der Waals surface area contributed by atoms with Crippen molar-refractivity contribution >= 4 is 0 Å². The highest BCUT2D eigenvalue weighted by Gasteiger charge is 2.32. The van der Waals surface area contributed by atoms with Gasteiger partial charge in [0.15, 0.2) is 0 Å². The lowest BCUT2D eigenvalue weighted by atomic mass is 9.71. The lowest BCUT2D eigenvalue weighted by Gasteiger charge is -2.35. The Morgan fingerprint density at radius 3 is 2.79 bits per heavy atom. The van der Waals surface area contributed by atoms with E-state index in [1.54, 1.807) is 0 Å². The maximum Gasteiger partial charge on any atom is -0.00173 e. The molecular weight excluding hydrogens is 170 g/mol. The van der Waals surface area contributed by atoms with E-state index in [0.717, 1.165) is 17.8 Å². The minimum Gasteiger partial charge on any atom is -0.316 e. The molecule has 2 aliphatic rings. The maximum atomic E-state index is 3.90. The van der Waals surface area contributed by atoms with Crippen LogP contribution in [0.25, 0.3) is 0 Å². The molecule has 1 nitrogen and oxygen atoms in total. The third kappa shape index (κ3) is 2.20. The molecule has 1 aliphatic heterocycles. The van der Waals surface area contributed by atoms with Crippen molar-refractivity contribution in [1.82, 2.24) is 5.32 Å².